The molecule has 40 heavy (non-hydrogen) atoms. The number of alkyl halides is 7. The van der Waals surface area contributed by atoms with Gasteiger partial charge in [0.2, 0.25) is 5.91 Å². The van der Waals surface area contributed by atoms with E-state index in [1.54, 1.807) is 18.2 Å². The lowest BCUT2D eigenvalue weighted by Crippen LogP contribution is -2.55. The van der Waals surface area contributed by atoms with E-state index < -0.39 is 69.1 Å². The second kappa shape index (κ2) is 10.5. The SMILES string of the molecule is O=C(CS(=O)(=O)c1ccc(S(=O)(=O)C(F)(F)C(F)(F)C(F)(F)F)cc1[N+](=O)[O-])N1CCN(c2ccccc2)CC1. The summed E-state index contributed by atoms with van der Waals surface area (Å²) in [6.07, 6.45) is -7.02. The van der Waals surface area contributed by atoms with Crippen molar-refractivity contribution in [3.63, 3.8) is 0 Å². The maximum absolute atomic E-state index is 13.9. The Kier molecular flexibility index (Phi) is 8.14. The molecule has 0 N–H and O–H groups in total. The fourth-order valence-corrected chi connectivity index (χ4v) is 6.39. The molecule has 1 heterocycles. The minimum Gasteiger partial charge on any atom is -0.368 e. The lowest BCUT2D eigenvalue weighted by Gasteiger charge is -2.36. The zero-order valence-electron chi connectivity index (χ0n) is 19.8. The second-order valence-electron chi connectivity index (χ2n) is 8.44. The van der Waals surface area contributed by atoms with Crippen molar-refractivity contribution in [2.24, 2.45) is 0 Å². The van der Waals surface area contributed by atoms with Gasteiger partial charge in [0, 0.05) is 37.9 Å². The fourth-order valence-electron chi connectivity index (χ4n) is 3.74. The van der Waals surface area contributed by atoms with E-state index in [1.165, 1.54) is 0 Å². The molecule has 1 saturated heterocycles. The van der Waals surface area contributed by atoms with Crippen LogP contribution in [0.2, 0.25) is 0 Å². The molecule has 0 spiro atoms. The summed E-state index contributed by atoms with van der Waals surface area (Å²) in [5.74, 6) is -9.47. The Morgan fingerprint density at radius 2 is 1.43 bits per heavy atom. The highest BCUT2D eigenvalue weighted by Crippen LogP contribution is 2.51. The van der Waals surface area contributed by atoms with E-state index in [1.807, 2.05) is 17.0 Å². The monoisotopic (exact) mass is 621 g/mol. The Bertz CT molecular complexity index is 1510. The van der Waals surface area contributed by atoms with Crippen LogP contribution >= 0.6 is 0 Å². The van der Waals surface area contributed by atoms with E-state index in [9.17, 15) is 62.5 Å². The van der Waals surface area contributed by atoms with Crippen LogP contribution in [0, 0.1) is 10.1 Å². The third-order valence-corrected chi connectivity index (χ3v) is 9.35. The zero-order valence-corrected chi connectivity index (χ0v) is 21.4. The number of nitro groups is 1. The van der Waals surface area contributed by atoms with E-state index >= 15 is 0 Å². The summed E-state index contributed by atoms with van der Waals surface area (Å²) >= 11 is 0. The standard InChI is InChI=1S/C21H18F7N3O7S2/c22-19(23,20(24,25)26)21(27,28)40(37,38)15-6-7-17(16(12-15)31(33)34)39(35,36)13-18(32)30-10-8-29(9-11-30)14-4-2-1-3-5-14/h1-7,12H,8-11,13H2. The van der Waals surface area contributed by atoms with Crippen LogP contribution in [0.1, 0.15) is 0 Å². The first-order valence-electron chi connectivity index (χ1n) is 10.9. The van der Waals surface area contributed by atoms with E-state index in [0.717, 1.165) is 10.6 Å². The molecule has 19 heteroatoms. The van der Waals surface area contributed by atoms with Gasteiger partial charge in [-0.05, 0) is 24.3 Å². The number of benzene rings is 2. The number of amides is 1. The van der Waals surface area contributed by atoms with Gasteiger partial charge < -0.3 is 9.80 Å². The summed E-state index contributed by atoms with van der Waals surface area (Å²) in [5.41, 5.74) is -0.889. The highest BCUT2D eigenvalue weighted by Gasteiger charge is 2.78. The Morgan fingerprint density at radius 1 is 0.875 bits per heavy atom. The van der Waals surface area contributed by atoms with Crippen LogP contribution < -0.4 is 4.90 Å². The third-order valence-electron chi connectivity index (χ3n) is 5.90. The van der Waals surface area contributed by atoms with Crippen LogP contribution in [0.25, 0.3) is 0 Å². The van der Waals surface area contributed by atoms with Gasteiger partial charge in [0.25, 0.3) is 15.5 Å². The van der Waals surface area contributed by atoms with Crippen molar-refractivity contribution in [3.05, 3.63) is 58.6 Å². The predicted molar refractivity (Wildman–Crippen MR) is 124 cm³/mol. The molecule has 0 saturated carbocycles. The fraction of sp³-hybridized carbons (Fsp3) is 0.381. The molecule has 0 aliphatic carbocycles. The van der Waals surface area contributed by atoms with Gasteiger partial charge in [0.15, 0.2) is 9.84 Å². The topological polar surface area (TPSA) is 135 Å². The van der Waals surface area contributed by atoms with E-state index in [4.69, 9.17) is 0 Å². The van der Waals surface area contributed by atoms with Gasteiger partial charge in [-0.2, -0.15) is 30.7 Å². The number of hydrogen-bond acceptors (Lipinski definition) is 8. The molecule has 0 radical (unpaired) electrons. The van der Waals surface area contributed by atoms with E-state index in [2.05, 4.69) is 0 Å². The second-order valence-corrected chi connectivity index (χ2v) is 12.4. The number of piperazine rings is 1. The molecule has 0 bridgehead atoms. The molecule has 3 rings (SSSR count). The summed E-state index contributed by atoms with van der Waals surface area (Å²) in [7, 11) is -11.9. The van der Waals surface area contributed by atoms with Crippen LogP contribution in [0.5, 0.6) is 0 Å². The molecule has 1 aliphatic heterocycles. The van der Waals surface area contributed by atoms with Crippen molar-refractivity contribution in [2.75, 3.05) is 36.8 Å². The number of para-hydroxylation sites is 1. The Morgan fingerprint density at radius 3 is 1.93 bits per heavy atom. The number of sulfone groups is 2. The first-order valence-corrected chi connectivity index (χ1v) is 14.0. The summed E-state index contributed by atoms with van der Waals surface area (Å²) in [4.78, 5) is 22.1. The van der Waals surface area contributed by atoms with Crippen molar-refractivity contribution in [3.8, 4) is 0 Å². The first kappa shape index (κ1) is 31.1. The molecular weight excluding hydrogens is 603 g/mol. The van der Waals surface area contributed by atoms with Gasteiger partial charge in [-0.3, -0.25) is 14.9 Å². The molecule has 1 fully saturated rings. The molecule has 0 unspecified atom stereocenters. The molecule has 1 amide bonds. The molecule has 0 aromatic heterocycles. The molecule has 10 nitrogen and oxygen atoms in total. The summed E-state index contributed by atoms with van der Waals surface area (Å²) in [6.45, 7) is 0.731. The molecule has 2 aromatic rings. The quantitative estimate of drug-likeness (QED) is 0.249. The number of carbonyl (C=O) groups is 1. The average molecular weight is 622 g/mol. The van der Waals surface area contributed by atoms with Gasteiger partial charge in [0.05, 0.1) is 9.82 Å². The smallest absolute Gasteiger partial charge is 0.368 e. The Labute approximate surface area is 222 Å². The van der Waals surface area contributed by atoms with Crippen molar-refractivity contribution in [2.45, 2.75) is 27.1 Å². The van der Waals surface area contributed by atoms with Crippen molar-refractivity contribution < 1.29 is 57.3 Å². The third kappa shape index (κ3) is 5.56. The predicted octanol–water partition coefficient (Wildman–Crippen LogP) is 3.28. The maximum Gasteiger partial charge on any atom is 0.461 e. The van der Waals surface area contributed by atoms with Crippen LogP contribution in [-0.4, -0.2) is 81.9 Å². The number of hydrogen-bond donors (Lipinski definition) is 0. The maximum atomic E-state index is 13.9. The largest absolute Gasteiger partial charge is 0.461 e. The average Bonchev–Trinajstić information content (AvgIpc) is 2.87. The van der Waals surface area contributed by atoms with Crippen molar-refractivity contribution in [1.82, 2.24) is 4.90 Å². The van der Waals surface area contributed by atoms with Crippen molar-refractivity contribution in [1.29, 1.82) is 0 Å². The normalized spacial score (nSPS) is 15.7. The van der Waals surface area contributed by atoms with E-state index in [0.29, 0.717) is 13.1 Å². The Balaban J connectivity index is 1.87. The number of rotatable bonds is 8. The highest BCUT2D eigenvalue weighted by atomic mass is 32.2. The van der Waals surface area contributed by atoms with Crippen LogP contribution in [-0.2, 0) is 24.5 Å². The molecule has 1 aliphatic rings. The number of nitrogens with zero attached hydrogens (tertiary/aromatic N) is 3. The number of carbonyl (C=O) groups excluding carboxylic acids is 1. The number of anilines is 1. The lowest BCUT2D eigenvalue weighted by molar-refractivity contribution is -0.388. The lowest BCUT2D eigenvalue weighted by atomic mass is 10.2. The van der Waals surface area contributed by atoms with Crippen LogP contribution in [0.15, 0.2) is 58.3 Å². The minimum atomic E-state index is -7.10. The van der Waals surface area contributed by atoms with Crippen LogP contribution in [0.3, 0.4) is 0 Å². The molecule has 2 aromatic carbocycles. The van der Waals surface area contributed by atoms with Gasteiger partial charge in [-0.15, -0.1) is 0 Å². The Hall–Kier alpha value is -3.48. The van der Waals surface area contributed by atoms with E-state index in [-0.39, 0.29) is 31.3 Å². The summed E-state index contributed by atoms with van der Waals surface area (Å²) in [5, 5.41) is 4.63. The van der Waals surface area contributed by atoms with Crippen LogP contribution in [0.4, 0.5) is 42.1 Å². The minimum absolute atomic E-state index is 0.0605. The first-order chi connectivity index (χ1) is 18.2. The van der Waals surface area contributed by atoms with Gasteiger partial charge in [-0.1, -0.05) is 18.2 Å². The zero-order chi connectivity index (χ0) is 30.3. The number of halogens is 7. The van der Waals surface area contributed by atoms with Gasteiger partial charge >= 0.3 is 17.4 Å². The molecule has 0 atom stereocenters. The summed E-state index contributed by atoms with van der Waals surface area (Å²) < 4.78 is 142. The number of nitro benzene ring substituents is 1. The molecular formula is C21H18F7N3O7S2. The van der Waals surface area contributed by atoms with Crippen molar-refractivity contribution >= 4 is 37.0 Å². The summed E-state index contributed by atoms with van der Waals surface area (Å²) in [6, 6.07) is 8.57. The van der Waals surface area contributed by atoms with Gasteiger partial charge in [-0.25, -0.2) is 16.8 Å². The highest BCUT2D eigenvalue weighted by molar-refractivity contribution is 7.93. The van der Waals surface area contributed by atoms with Gasteiger partial charge in [0.1, 0.15) is 10.6 Å². The molecule has 220 valence electrons.